The molecule has 2 aromatic rings. The molecule has 0 spiro atoms. The standard InChI is InChI=1S/2C14H27OPSi2.Yb/c2*1-15-12-10-8-9-11-13(12)16-14(17(2,3)4)18(5,6)7;/h2*8-11,14,16H,1-7H3;. The number of rotatable bonds is 10. The Morgan fingerprint density at radius 3 is 0.946 bits per heavy atom. The van der Waals surface area contributed by atoms with E-state index in [-0.39, 0.29) is 46.9 Å². The predicted octanol–water partition coefficient (Wildman–Crippen LogP) is 8.24. The van der Waals surface area contributed by atoms with Crippen LogP contribution in [-0.2, 0) is 0 Å². The maximum Gasteiger partial charge on any atom is 0.126 e. The smallest absolute Gasteiger partial charge is 0.126 e. The first-order valence-corrected chi connectivity index (χ1v) is 29.6. The molecule has 0 aliphatic heterocycles. The van der Waals surface area contributed by atoms with Gasteiger partial charge in [-0.05, 0) is 21.9 Å². The van der Waals surface area contributed by atoms with Crippen LogP contribution >= 0.6 is 17.2 Å². The van der Waals surface area contributed by atoms with E-state index in [0.29, 0.717) is 0 Å². The molecule has 218 valence electrons. The summed E-state index contributed by atoms with van der Waals surface area (Å²) in [4.78, 5) is 1.84. The van der Waals surface area contributed by atoms with E-state index in [2.05, 4.69) is 127 Å². The molecule has 2 rings (SSSR count). The Bertz CT molecular complexity index is 843. The fourth-order valence-electron chi connectivity index (χ4n) is 5.30. The van der Waals surface area contributed by atoms with Crippen LogP contribution in [0, 0.1) is 46.9 Å². The van der Waals surface area contributed by atoms with E-state index < -0.39 is 32.3 Å². The van der Waals surface area contributed by atoms with Gasteiger partial charge in [0.15, 0.2) is 0 Å². The minimum Gasteiger partial charge on any atom is -0.496 e. The molecule has 0 fully saturated rings. The minimum absolute atomic E-state index is 0. The van der Waals surface area contributed by atoms with Gasteiger partial charge in [-0.3, -0.25) is 0 Å². The first-order valence-electron chi connectivity index (χ1n) is 13.1. The van der Waals surface area contributed by atoms with Crippen LogP contribution in [0.2, 0.25) is 78.6 Å². The van der Waals surface area contributed by atoms with Crippen molar-refractivity contribution in [3.05, 3.63) is 48.5 Å². The van der Waals surface area contributed by atoms with E-state index in [1.165, 1.54) is 10.6 Å². The van der Waals surface area contributed by atoms with Gasteiger partial charge in [-0.1, -0.05) is 132 Å². The largest absolute Gasteiger partial charge is 0.496 e. The number of hydrogen-bond acceptors (Lipinski definition) is 2. The normalized spacial score (nSPS) is 13.2. The first kappa shape index (κ1) is 38.3. The third-order valence-corrected chi connectivity index (χ3v) is 37.7. The van der Waals surface area contributed by atoms with Crippen molar-refractivity contribution < 1.29 is 56.4 Å². The average molecular weight is 770 g/mol. The van der Waals surface area contributed by atoms with Gasteiger partial charge in [0.05, 0.1) is 14.2 Å². The van der Waals surface area contributed by atoms with E-state index in [0.717, 1.165) is 38.5 Å². The van der Waals surface area contributed by atoms with Crippen molar-refractivity contribution in [3.8, 4) is 11.5 Å². The van der Waals surface area contributed by atoms with Crippen LogP contribution in [-0.4, -0.2) is 56.3 Å². The zero-order valence-corrected chi connectivity index (χ0v) is 33.6. The Kier molecular flexibility index (Phi) is 16.6. The van der Waals surface area contributed by atoms with Crippen molar-refractivity contribution in [1.29, 1.82) is 0 Å². The predicted molar refractivity (Wildman–Crippen MR) is 183 cm³/mol. The molecule has 0 N–H and O–H groups in total. The van der Waals surface area contributed by atoms with Crippen molar-refractivity contribution in [2.24, 2.45) is 0 Å². The van der Waals surface area contributed by atoms with Crippen LogP contribution in [0.5, 0.6) is 11.5 Å². The van der Waals surface area contributed by atoms with Gasteiger partial charge >= 0.3 is 0 Å². The van der Waals surface area contributed by atoms with Gasteiger partial charge in [0, 0.05) is 89.8 Å². The average Bonchev–Trinajstić information content (AvgIpc) is 2.73. The van der Waals surface area contributed by atoms with E-state index in [1.807, 2.05) is 0 Å². The second-order valence-corrected chi connectivity index (χ2v) is 41.5. The summed E-state index contributed by atoms with van der Waals surface area (Å²) in [7, 11) is 0.875. The summed E-state index contributed by atoms with van der Waals surface area (Å²) in [6.45, 7) is 30.1. The Hall–Kier alpha value is 1.29. The molecule has 0 bridgehead atoms. The zero-order chi connectivity index (χ0) is 27.9. The first-order chi connectivity index (χ1) is 16.3. The van der Waals surface area contributed by atoms with Crippen LogP contribution in [0.15, 0.2) is 48.5 Å². The summed E-state index contributed by atoms with van der Waals surface area (Å²) < 4.78 is 11.0. The number of hydrogen-bond donors (Lipinski definition) is 0. The Balaban J connectivity index is 0.000000682. The molecule has 2 atom stereocenters. The third-order valence-electron chi connectivity index (χ3n) is 6.28. The summed E-state index contributed by atoms with van der Waals surface area (Å²) in [5, 5.41) is 2.82. The second kappa shape index (κ2) is 16.1. The van der Waals surface area contributed by atoms with Crippen LogP contribution in [0.3, 0.4) is 0 Å². The fraction of sp³-hybridized carbons (Fsp3) is 0.571. The fourth-order valence-corrected chi connectivity index (χ4v) is 36.5. The Morgan fingerprint density at radius 1 is 0.486 bits per heavy atom. The van der Waals surface area contributed by atoms with E-state index in [1.54, 1.807) is 14.2 Å². The monoisotopic (exact) mass is 770 g/mol. The van der Waals surface area contributed by atoms with Crippen molar-refractivity contribution >= 4 is 60.1 Å². The molecular formula is C28H54O2P2Si4Yb. The zero-order valence-electron chi connectivity index (χ0n) is 25.9. The number of methoxy groups -OCH3 is 2. The molecule has 0 amide bonds. The van der Waals surface area contributed by atoms with Crippen molar-refractivity contribution in [3.63, 3.8) is 0 Å². The molecule has 0 aliphatic rings. The quantitative estimate of drug-likeness (QED) is 0.179. The molecule has 2 unspecified atom stereocenters. The molecule has 0 saturated heterocycles. The van der Waals surface area contributed by atoms with E-state index in [4.69, 9.17) is 9.47 Å². The van der Waals surface area contributed by atoms with Crippen molar-refractivity contribution in [2.45, 2.75) is 88.4 Å². The van der Waals surface area contributed by atoms with Gasteiger partial charge in [0.2, 0.25) is 0 Å². The Labute approximate surface area is 276 Å². The molecule has 37 heavy (non-hydrogen) atoms. The molecule has 2 nitrogen and oxygen atoms in total. The molecule has 2 aromatic carbocycles. The maximum absolute atomic E-state index is 5.51. The van der Waals surface area contributed by atoms with Gasteiger partial charge in [-0.15, -0.1) is 0 Å². The van der Waals surface area contributed by atoms with Gasteiger partial charge < -0.3 is 9.47 Å². The molecule has 0 radical (unpaired) electrons. The molecular weight excluding hydrogens is 716 g/mol. The summed E-state index contributed by atoms with van der Waals surface area (Å²) in [6.07, 6.45) is 0. The summed E-state index contributed by atoms with van der Waals surface area (Å²) in [5.41, 5.74) is 0. The van der Waals surface area contributed by atoms with Crippen molar-refractivity contribution in [1.82, 2.24) is 0 Å². The summed E-state index contributed by atoms with van der Waals surface area (Å²) in [5.74, 6) is 2.13. The van der Waals surface area contributed by atoms with E-state index in [9.17, 15) is 0 Å². The van der Waals surface area contributed by atoms with Crippen LogP contribution < -0.4 is 20.1 Å². The van der Waals surface area contributed by atoms with Crippen molar-refractivity contribution in [2.75, 3.05) is 14.2 Å². The number of benzene rings is 2. The van der Waals surface area contributed by atoms with Gasteiger partial charge in [0.1, 0.15) is 11.5 Å². The van der Waals surface area contributed by atoms with Gasteiger partial charge in [0.25, 0.3) is 0 Å². The second-order valence-electron chi connectivity index (χ2n) is 14.0. The number of para-hydroxylation sites is 2. The summed E-state index contributed by atoms with van der Waals surface area (Å²) >= 11 is 0. The molecule has 0 aliphatic carbocycles. The summed E-state index contributed by atoms with van der Waals surface area (Å²) in [6, 6.07) is 17.1. The number of ether oxygens (including phenoxy) is 2. The SMILES string of the molecule is COc1ccccc1PC([Si](C)(C)C)[Si](C)(C)C.COc1ccccc1PC([Si](C)(C)C)[Si](C)(C)C.[Yb]. The van der Waals surface area contributed by atoms with Gasteiger partial charge in [-0.25, -0.2) is 0 Å². The topological polar surface area (TPSA) is 18.5 Å². The van der Waals surface area contributed by atoms with E-state index >= 15 is 0 Å². The van der Waals surface area contributed by atoms with Crippen LogP contribution in [0.4, 0.5) is 0 Å². The molecule has 0 saturated carbocycles. The van der Waals surface area contributed by atoms with Crippen LogP contribution in [0.25, 0.3) is 0 Å². The molecule has 9 heteroatoms. The van der Waals surface area contributed by atoms with Gasteiger partial charge in [-0.2, -0.15) is 0 Å². The Morgan fingerprint density at radius 2 is 0.730 bits per heavy atom. The molecule has 0 aromatic heterocycles. The maximum atomic E-state index is 5.51. The molecule has 0 heterocycles. The third kappa shape index (κ3) is 13.2. The van der Waals surface area contributed by atoms with Crippen LogP contribution in [0.1, 0.15) is 0 Å². The minimum atomic E-state index is -1.12.